The van der Waals surface area contributed by atoms with Gasteiger partial charge >= 0.3 is 42.6 Å². The number of nitrogens with one attached hydrogen (secondary N) is 7. The second kappa shape index (κ2) is 34.1. The number of aryl methyl sites for hydroxylation is 6. The van der Waals surface area contributed by atoms with Crippen molar-refractivity contribution in [3.63, 3.8) is 0 Å². The Balaban J connectivity index is 0.000000205. The van der Waals surface area contributed by atoms with E-state index in [4.69, 9.17) is 28.4 Å². The molecule has 0 aliphatic carbocycles. The topological polar surface area (TPSA) is 363 Å². The van der Waals surface area contributed by atoms with Gasteiger partial charge in [-0.25, -0.2) is 48.1 Å². The fourth-order valence-electron chi connectivity index (χ4n) is 8.55. The second-order valence-electron chi connectivity index (χ2n) is 21.4. The minimum Gasteiger partial charge on any atom is -0.445 e. The third-order valence-electron chi connectivity index (χ3n) is 13.6. The zero-order valence-electron chi connectivity index (χ0n) is 53.4. The lowest BCUT2D eigenvalue weighted by Gasteiger charge is -2.24. The van der Waals surface area contributed by atoms with Crippen molar-refractivity contribution in [3.8, 4) is 0 Å². The van der Waals surface area contributed by atoms with Gasteiger partial charge in [-0.1, -0.05) is 54.6 Å². The van der Waals surface area contributed by atoms with E-state index in [2.05, 4.69) is 63.2 Å². The van der Waals surface area contributed by atoms with Crippen molar-refractivity contribution in [3.05, 3.63) is 178 Å². The molecule has 0 saturated carbocycles. The second-order valence-corrected chi connectivity index (χ2v) is 21.4. The Bertz CT molecular complexity index is 4260. The molecule has 0 saturated heterocycles. The molecule has 7 aromatic carbocycles. The lowest BCUT2D eigenvalue weighted by Crippen LogP contribution is -2.40. The first kappa shape index (κ1) is 70.7. The molecule has 2 heterocycles. The summed E-state index contributed by atoms with van der Waals surface area (Å²) in [6.45, 7) is 15.1. The standard InChI is InChI=1S/C27H26N4O6.C21H20N4O6.C20H20N4O4/c1-16-9-11-20-13-22(16)30-25(33)31(24(32)19-7-5-4-6-8-19)23-14-21(12-10-17(23)2)29-27(35)37-18(3)15-36-26(34)28-20;1-13-4-6-16(8-18(13)22-11-26)24-20(28)30-10-15(3)31-21(29)25-17-7-5-14(2)19(9-17)23-12-27;1-12-4-6-15-8-17(12)21-11-22-18-9-16(7-5-13(18)2)24-20(26)28-14(3)10-27-19(25)23-15/h4-14,18H,15H2,1-3H3,(H,28,34)(H,29,35)(H,30,33);4-9,15H,10H2,1-3H3,(H,24,28)(H,25,29);4-9,14H,10H2,1-3H3,(H,23,25)(H,24,26). The Hall–Kier alpha value is -12.8. The summed E-state index contributed by atoms with van der Waals surface area (Å²) in [5.74, 6) is -0.567. The number of aliphatic imine (C=N–C) groups is 4. The first-order valence-electron chi connectivity index (χ1n) is 29.3. The molecule has 0 radical (unpaired) electrons. The van der Waals surface area contributed by atoms with Crippen molar-refractivity contribution >= 4 is 135 Å². The van der Waals surface area contributed by atoms with Gasteiger partial charge < -0.3 is 33.7 Å². The molecule has 2 aliphatic rings. The van der Waals surface area contributed by atoms with Gasteiger partial charge in [-0.15, -0.1) is 0 Å². The molecular weight excluding hydrogens is 1240 g/mol. The number of nitrogens with zero attached hydrogens (tertiary/aromatic N) is 5. The Labute approximate surface area is 550 Å². The number of fused-ring (bicyclic) bond motifs is 8. The molecule has 7 N–H and O–H groups in total. The molecule has 0 aromatic heterocycles. The van der Waals surface area contributed by atoms with E-state index in [1.807, 2.05) is 26.0 Å². The highest BCUT2D eigenvalue weighted by Gasteiger charge is 2.28. The van der Waals surface area contributed by atoms with E-state index in [1.165, 1.54) is 30.4 Å². The Morgan fingerprint density at radius 1 is 0.562 bits per heavy atom. The molecule has 9 rings (SSSR count). The van der Waals surface area contributed by atoms with E-state index in [9.17, 15) is 47.9 Å². The molecule has 8 bridgehead atoms. The summed E-state index contributed by atoms with van der Waals surface area (Å²) in [4.78, 5) is 137. The molecule has 2 aliphatic heterocycles. The van der Waals surface area contributed by atoms with Gasteiger partial charge in [0, 0.05) is 45.4 Å². The number of imide groups is 1. The average Bonchev–Trinajstić information content (AvgIpc) is 1.34. The molecule has 7 aromatic rings. The third kappa shape index (κ3) is 21.4. The fourth-order valence-corrected chi connectivity index (χ4v) is 8.55. The highest BCUT2D eigenvalue weighted by Crippen LogP contribution is 2.31. The van der Waals surface area contributed by atoms with Gasteiger partial charge in [0.15, 0.2) is 0 Å². The van der Waals surface area contributed by atoms with Crippen LogP contribution in [0.25, 0.3) is 0 Å². The summed E-state index contributed by atoms with van der Waals surface area (Å²) in [5.41, 5.74) is 10.0. The van der Waals surface area contributed by atoms with Crippen LogP contribution in [-0.2, 0) is 38.0 Å². The van der Waals surface area contributed by atoms with Gasteiger partial charge in [0.25, 0.3) is 5.91 Å². The van der Waals surface area contributed by atoms with Crippen LogP contribution in [0.2, 0.25) is 0 Å². The zero-order valence-corrected chi connectivity index (χ0v) is 53.4. The average molecular weight is 1310 g/mol. The van der Waals surface area contributed by atoms with Gasteiger partial charge in [-0.3, -0.25) is 36.7 Å². The lowest BCUT2D eigenvalue weighted by molar-refractivity contribution is 0.0650. The van der Waals surface area contributed by atoms with E-state index in [-0.39, 0.29) is 25.5 Å². The first-order valence-corrected chi connectivity index (χ1v) is 29.3. The summed E-state index contributed by atoms with van der Waals surface area (Å²) in [7, 11) is 0. The van der Waals surface area contributed by atoms with Crippen LogP contribution >= 0.6 is 0 Å². The van der Waals surface area contributed by atoms with Gasteiger partial charge in [-0.05, 0) is 181 Å². The minimum atomic E-state index is -0.789. The Morgan fingerprint density at radius 3 is 1.52 bits per heavy atom. The number of anilines is 8. The van der Waals surface area contributed by atoms with E-state index in [0.29, 0.717) is 79.3 Å². The minimum absolute atomic E-state index is 0.0849. The van der Waals surface area contributed by atoms with Crippen molar-refractivity contribution in [1.29, 1.82) is 0 Å². The van der Waals surface area contributed by atoms with Crippen molar-refractivity contribution in [2.24, 2.45) is 20.0 Å². The molecule has 28 nitrogen and oxygen atoms in total. The van der Waals surface area contributed by atoms with Gasteiger partial charge in [0.05, 0.1) is 28.4 Å². The number of benzene rings is 7. The smallest absolute Gasteiger partial charge is 0.412 e. The Kier molecular flexibility index (Phi) is 25.1. The van der Waals surface area contributed by atoms with Crippen LogP contribution in [0.3, 0.4) is 0 Å². The van der Waals surface area contributed by atoms with Crippen molar-refractivity contribution < 1.29 is 76.4 Å². The molecule has 28 heteroatoms. The van der Waals surface area contributed by atoms with Gasteiger partial charge in [-0.2, -0.15) is 20.0 Å². The van der Waals surface area contributed by atoms with Crippen molar-refractivity contribution in [1.82, 2.24) is 0 Å². The number of hydrogen-bond donors (Lipinski definition) is 7. The number of carbonyl (C=O) groups is 8. The largest absolute Gasteiger partial charge is 0.445 e. The number of isocyanates is 2. The number of amides is 9. The number of cyclic esters (lactones) is 4. The molecule has 494 valence electrons. The van der Waals surface area contributed by atoms with Crippen LogP contribution in [0.5, 0.6) is 0 Å². The lowest BCUT2D eigenvalue weighted by atomic mass is 10.1. The maximum absolute atomic E-state index is 13.6. The van der Waals surface area contributed by atoms with Gasteiger partial charge in [0.1, 0.15) is 44.1 Å². The number of urea groups is 1. The SMILES string of the molecule is Cc1ccc(NC(=O)OCC(C)OC(=O)Nc2ccc(C)c(N=C=O)c2)cc1N=C=O.Cc1ccc2cc1N=C=Nc1cc(ccc1C)NC(=O)OC(C)COC(=O)N2.Cc1ccc2cc1NC(=O)N(C(=O)c1ccccc1)c1cc(ccc1C)NC(=O)OC(C)COC(=O)N2. The number of carbonyl (C=O) groups excluding carboxylic acids is 10. The van der Waals surface area contributed by atoms with Crippen LogP contribution in [-0.4, -0.2) is 105 Å². The zero-order chi connectivity index (χ0) is 69.4. The van der Waals surface area contributed by atoms with Crippen LogP contribution in [0.1, 0.15) is 64.5 Å². The quantitative estimate of drug-likeness (QED) is 0.0422. The number of rotatable bonds is 8. The molecule has 0 fully saturated rings. The summed E-state index contributed by atoms with van der Waals surface area (Å²) < 4.78 is 30.9. The highest BCUT2D eigenvalue weighted by molar-refractivity contribution is 6.24. The fraction of sp³-hybridized carbons (Fsp3) is 0.221. The van der Waals surface area contributed by atoms with Gasteiger partial charge in [0.2, 0.25) is 12.2 Å². The monoisotopic (exact) mass is 1310 g/mol. The summed E-state index contributed by atoms with van der Waals surface area (Å²) in [5, 5.41) is 18.2. The molecule has 0 spiro atoms. The van der Waals surface area contributed by atoms with E-state index >= 15 is 0 Å². The molecule has 9 amide bonds. The molecule has 3 atom stereocenters. The molecule has 3 unspecified atom stereocenters. The number of ether oxygens (including phenoxy) is 6. The maximum Gasteiger partial charge on any atom is 0.412 e. The molecule has 96 heavy (non-hydrogen) atoms. The predicted octanol–water partition coefficient (Wildman–Crippen LogP) is 15.0. The normalized spacial score (nSPS) is 14.7. The maximum atomic E-state index is 13.6. The summed E-state index contributed by atoms with van der Waals surface area (Å²) >= 11 is 0. The van der Waals surface area contributed by atoms with Crippen LogP contribution in [0.15, 0.2) is 159 Å². The highest BCUT2D eigenvalue weighted by atomic mass is 16.6. The van der Waals surface area contributed by atoms with E-state index < -0.39 is 66.8 Å². The molecular formula is C68H66N12O16. The number of hydrogen-bond acceptors (Lipinski definition) is 20. The Morgan fingerprint density at radius 2 is 1.01 bits per heavy atom. The van der Waals surface area contributed by atoms with Crippen LogP contribution in [0, 0.1) is 41.5 Å². The van der Waals surface area contributed by atoms with Crippen LogP contribution < -0.4 is 42.1 Å². The van der Waals surface area contributed by atoms with Crippen molar-refractivity contribution in [2.45, 2.75) is 80.6 Å². The first-order chi connectivity index (χ1) is 45.9. The van der Waals surface area contributed by atoms with Crippen molar-refractivity contribution in [2.75, 3.05) is 61.9 Å². The summed E-state index contributed by atoms with van der Waals surface area (Å²) in [6, 6.07) is 40.2. The third-order valence-corrected chi connectivity index (χ3v) is 13.6. The van der Waals surface area contributed by atoms with Crippen LogP contribution in [0.4, 0.5) is 102 Å². The summed E-state index contributed by atoms with van der Waals surface area (Å²) in [6.07, 6.45) is -3.60. The van der Waals surface area contributed by atoms with E-state index in [1.54, 1.807) is 158 Å². The predicted molar refractivity (Wildman–Crippen MR) is 358 cm³/mol. The van der Waals surface area contributed by atoms with E-state index in [0.717, 1.165) is 27.2 Å².